The lowest BCUT2D eigenvalue weighted by molar-refractivity contribution is 0.0373. The van der Waals surface area contributed by atoms with Gasteiger partial charge < -0.3 is 10.4 Å². The minimum Gasteiger partial charge on any atom is -0.396 e. The zero-order chi connectivity index (χ0) is 38.0. The number of hydrogen-bond acceptors (Lipinski definition) is 5. The Hall–Kier alpha value is -4.27. The summed E-state index contributed by atoms with van der Waals surface area (Å²) in [7, 11) is 0. The molecule has 2 atom stereocenters. The van der Waals surface area contributed by atoms with E-state index in [0.29, 0.717) is 26.1 Å². The van der Waals surface area contributed by atoms with E-state index in [0.717, 1.165) is 36.0 Å². The Morgan fingerprint density at radius 1 is 0.704 bits per heavy atom. The quantitative estimate of drug-likeness (QED) is 0.0554. The van der Waals surface area contributed by atoms with E-state index in [1.807, 2.05) is 54.6 Å². The summed E-state index contributed by atoms with van der Waals surface area (Å²) in [5.41, 5.74) is 1.14. The zero-order valence-corrected chi connectivity index (χ0v) is 32.4. The fourth-order valence-electron chi connectivity index (χ4n) is 8.40. The molecule has 0 saturated carbocycles. The first kappa shape index (κ1) is 40.9. The Labute approximate surface area is 322 Å². The van der Waals surface area contributed by atoms with Gasteiger partial charge in [0.2, 0.25) is 0 Å². The lowest BCUT2D eigenvalue weighted by Gasteiger charge is -2.50. The van der Waals surface area contributed by atoms with Crippen molar-refractivity contribution in [3.05, 3.63) is 140 Å². The van der Waals surface area contributed by atoms with Crippen molar-refractivity contribution < 1.29 is 9.90 Å². The Balaban J connectivity index is 1.25. The van der Waals surface area contributed by atoms with Crippen LogP contribution in [0.1, 0.15) is 136 Å². The van der Waals surface area contributed by atoms with Gasteiger partial charge in [-0.1, -0.05) is 181 Å². The number of benzene rings is 3. The van der Waals surface area contributed by atoms with Gasteiger partial charge in [0.25, 0.3) is 11.5 Å². The molecule has 0 radical (unpaired) electrons. The van der Waals surface area contributed by atoms with Crippen LogP contribution >= 0.6 is 0 Å². The number of likely N-dealkylation sites (tertiary alicyclic amines) is 1. The second kappa shape index (κ2) is 21.6. The number of aliphatic hydroxyl groups is 1. The summed E-state index contributed by atoms with van der Waals surface area (Å²) in [6.45, 7) is 3.70. The van der Waals surface area contributed by atoms with Crippen molar-refractivity contribution in [1.82, 2.24) is 19.8 Å². The van der Waals surface area contributed by atoms with Crippen LogP contribution < -0.4 is 16.6 Å². The number of aromatic nitrogens is 2. The maximum atomic E-state index is 13.5. The van der Waals surface area contributed by atoms with E-state index in [2.05, 4.69) is 58.5 Å². The number of H-pyrrole nitrogens is 1. The number of carbonyl (C=O) groups excluding carboxylic acids is 1. The van der Waals surface area contributed by atoms with E-state index in [-0.39, 0.29) is 18.1 Å². The number of rotatable bonds is 22. The van der Waals surface area contributed by atoms with Crippen LogP contribution in [-0.4, -0.2) is 51.7 Å². The molecule has 1 fully saturated rings. The van der Waals surface area contributed by atoms with Crippen molar-refractivity contribution in [1.29, 1.82) is 0 Å². The molecule has 1 saturated heterocycles. The molecular formula is C46H62N4O4. The third-order valence-electron chi connectivity index (χ3n) is 11.2. The number of amides is 1. The highest BCUT2D eigenvalue weighted by Crippen LogP contribution is 2.45. The van der Waals surface area contributed by atoms with Crippen LogP contribution in [0.2, 0.25) is 0 Å². The van der Waals surface area contributed by atoms with Crippen molar-refractivity contribution in [3.63, 3.8) is 0 Å². The molecule has 1 amide bonds. The number of hydrogen-bond donors (Lipinski definition) is 3. The highest BCUT2D eigenvalue weighted by atomic mass is 16.3. The van der Waals surface area contributed by atoms with Crippen LogP contribution in [0.25, 0.3) is 0 Å². The summed E-state index contributed by atoms with van der Waals surface area (Å²) in [4.78, 5) is 44.6. The second-order valence-electron chi connectivity index (χ2n) is 15.2. The smallest absolute Gasteiger partial charge is 0.328 e. The normalized spacial score (nSPS) is 16.3. The van der Waals surface area contributed by atoms with Gasteiger partial charge in [0, 0.05) is 32.4 Å². The van der Waals surface area contributed by atoms with Gasteiger partial charge in [0.05, 0.1) is 11.6 Å². The topological polar surface area (TPSA) is 107 Å². The number of nitrogens with one attached hydrogen (secondary N) is 2. The van der Waals surface area contributed by atoms with E-state index in [1.54, 1.807) is 0 Å². The molecule has 1 aromatic heterocycles. The molecular weight excluding hydrogens is 673 g/mol. The van der Waals surface area contributed by atoms with E-state index in [1.165, 1.54) is 81.4 Å². The summed E-state index contributed by atoms with van der Waals surface area (Å²) in [5.74, 6) is -0.631. The summed E-state index contributed by atoms with van der Waals surface area (Å²) in [5, 5.41) is 13.6. The number of aromatic amines is 1. The van der Waals surface area contributed by atoms with Crippen LogP contribution in [0.5, 0.6) is 0 Å². The Morgan fingerprint density at radius 2 is 1.17 bits per heavy atom. The van der Waals surface area contributed by atoms with Gasteiger partial charge in [-0.3, -0.25) is 24.0 Å². The standard InChI is InChI=1S/C46H62N4O4/c1-2-3-4-5-6-7-8-9-10-11-12-13-14-24-31-47-43(52)42-35-50(45(54)48-44(42)53)41-32-37(36-51)33-49(34-41)46(38-25-18-15-19-26-38,39-27-20-16-21-28-39)40-29-22-17-23-30-40/h15-23,25-30,35,37,41,51H,2-14,24,31-34,36H2,1H3,(H,47,52)(H,48,53,54)/t37-,41+/m0/s1. The fourth-order valence-corrected chi connectivity index (χ4v) is 8.40. The monoisotopic (exact) mass is 734 g/mol. The van der Waals surface area contributed by atoms with E-state index >= 15 is 0 Å². The average Bonchev–Trinajstić information content (AvgIpc) is 3.20. The maximum absolute atomic E-state index is 13.5. The number of piperidine rings is 1. The highest BCUT2D eigenvalue weighted by Gasteiger charge is 2.46. The average molecular weight is 735 g/mol. The first-order valence-corrected chi connectivity index (χ1v) is 20.6. The Kier molecular flexibility index (Phi) is 16.3. The summed E-state index contributed by atoms with van der Waals surface area (Å²) in [6, 6.07) is 30.6. The Bertz CT molecular complexity index is 1690. The molecule has 3 N–H and O–H groups in total. The van der Waals surface area contributed by atoms with Gasteiger partial charge >= 0.3 is 5.69 Å². The van der Waals surface area contributed by atoms with Crippen LogP contribution in [0.15, 0.2) is 107 Å². The molecule has 290 valence electrons. The number of nitrogens with zero attached hydrogens (tertiary/aromatic N) is 2. The highest BCUT2D eigenvalue weighted by molar-refractivity contribution is 5.93. The van der Waals surface area contributed by atoms with Crippen molar-refractivity contribution in [2.45, 2.75) is 115 Å². The molecule has 8 nitrogen and oxygen atoms in total. The number of aliphatic hydroxyl groups excluding tert-OH is 1. The largest absolute Gasteiger partial charge is 0.396 e. The number of unbranched alkanes of at least 4 members (excludes halogenated alkanes) is 13. The molecule has 1 aliphatic heterocycles. The molecule has 54 heavy (non-hydrogen) atoms. The van der Waals surface area contributed by atoms with E-state index in [4.69, 9.17) is 0 Å². The van der Waals surface area contributed by atoms with Crippen molar-refractivity contribution in [2.24, 2.45) is 5.92 Å². The van der Waals surface area contributed by atoms with Crippen LogP contribution in [0, 0.1) is 5.92 Å². The zero-order valence-electron chi connectivity index (χ0n) is 32.4. The molecule has 0 spiro atoms. The van der Waals surface area contributed by atoms with Crippen LogP contribution in [0.4, 0.5) is 0 Å². The predicted octanol–water partition coefficient (Wildman–Crippen LogP) is 8.60. The van der Waals surface area contributed by atoms with Gasteiger partial charge in [-0.15, -0.1) is 0 Å². The lowest BCUT2D eigenvalue weighted by Crippen LogP contribution is -2.56. The third kappa shape index (κ3) is 10.7. The summed E-state index contributed by atoms with van der Waals surface area (Å²) < 4.78 is 1.50. The third-order valence-corrected chi connectivity index (χ3v) is 11.2. The molecule has 0 aliphatic carbocycles. The number of carbonyl (C=O) groups is 1. The summed E-state index contributed by atoms with van der Waals surface area (Å²) in [6.07, 6.45) is 19.6. The fraction of sp³-hybridized carbons (Fsp3) is 0.500. The minimum absolute atomic E-state index is 0.0634. The van der Waals surface area contributed by atoms with Gasteiger partial charge in [-0.25, -0.2) is 4.79 Å². The molecule has 8 heteroatoms. The second-order valence-corrected chi connectivity index (χ2v) is 15.2. The van der Waals surface area contributed by atoms with Crippen molar-refractivity contribution in [2.75, 3.05) is 26.2 Å². The van der Waals surface area contributed by atoms with E-state index < -0.39 is 28.7 Å². The van der Waals surface area contributed by atoms with Gasteiger partial charge in [-0.2, -0.15) is 0 Å². The first-order valence-electron chi connectivity index (χ1n) is 20.6. The minimum atomic E-state index is -0.741. The van der Waals surface area contributed by atoms with Crippen LogP contribution in [-0.2, 0) is 5.54 Å². The first-order chi connectivity index (χ1) is 26.5. The molecule has 2 heterocycles. The molecule has 0 bridgehead atoms. The maximum Gasteiger partial charge on any atom is 0.328 e. The van der Waals surface area contributed by atoms with Gasteiger partial charge in [-0.05, 0) is 35.4 Å². The molecule has 1 aliphatic rings. The SMILES string of the molecule is CCCCCCCCCCCCCCCCNC(=O)c1cn([C@@H]2C[C@H](CO)CN(C(c3ccccc3)(c3ccccc3)c3ccccc3)C2)c(=O)[nH]c1=O. The summed E-state index contributed by atoms with van der Waals surface area (Å²) >= 11 is 0. The predicted molar refractivity (Wildman–Crippen MR) is 219 cm³/mol. The molecule has 5 rings (SSSR count). The molecule has 4 aromatic rings. The van der Waals surface area contributed by atoms with Gasteiger partial charge in [0.1, 0.15) is 5.56 Å². The van der Waals surface area contributed by atoms with Gasteiger partial charge in [0.15, 0.2) is 0 Å². The lowest BCUT2D eigenvalue weighted by atomic mass is 9.73. The van der Waals surface area contributed by atoms with Crippen molar-refractivity contribution >= 4 is 5.91 Å². The van der Waals surface area contributed by atoms with Crippen molar-refractivity contribution in [3.8, 4) is 0 Å². The van der Waals surface area contributed by atoms with Crippen LogP contribution in [0.3, 0.4) is 0 Å². The molecule has 3 aromatic carbocycles. The van der Waals surface area contributed by atoms with E-state index in [9.17, 15) is 19.5 Å². The molecule has 0 unspecified atom stereocenters. The Morgan fingerprint density at radius 3 is 1.63 bits per heavy atom.